The van der Waals surface area contributed by atoms with Gasteiger partial charge in [0, 0.05) is 169 Å². The fraction of sp³-hybridized carbons (Fsp3) is 0.526. The highest BCUT2D eigenvalue weighted by atomic mass is 35.5. The van der Waals surface area contributed by atoms with E-state index in [1.807, 2.05) is 60.4 Å². The van der Waals surface area contributed by atoms with Crippen LogP contribution in [0.2, 0.25) is 25.4 Å². The topological polar surface area (TPSA) is 379 Å². The van der Waals surface area contributed by atoms with E-state index >= 15 is 0 Å². The van der Waals surface area contributed by atoms with E-state index in [0.717, 1.165) is 179 Å². The number of hydrogen-bond acceptors (Lipinski definition) is 30. The Morgan fingerprint density at radius 2 is 0.895 bits per heavy atom. The zero-order valence-corrected chi connectivity index (χ0v) is 68.9. The highest BCUT2D eigenvalue weighted by molar-refractivity contribution is 6.32. The molecule has 610 valence electrons. The minimum atomic E-state index is -0.377. The monoisotopic (exact) mass is 1660 g/mol. The minimum absolute atomic E-state index is 0.00254. The SMILES string of the molecule is CC[C@H]1CN(c2nc(N)c(-c3nnc(C)o3)nc2Cl)CCN1C1CCN([C@@H](CO)c2ccc(Cl)cc2)CC1.CC[C@H]1CN(c2nc(N)c(-c3nnc(CO)o3)nc2Cl)CCN1C1CCN([C@@H](CO)c2ccc(Cl)cc2)CC1.CC[C@H]1CN(c2ncc(-c3nnc(C)o3)nc2C)CCN1C1CCN(C(=O)c2ccc(Cl)cc2N)CC1. The number of anilines is 6. The maximum atomic E-state index is 13.0. The number of halogens is 5. The van der Waals surface area contributed by atoms with Crippen molar-refractivity contribution in [2.75, 3.05) is 143 Å². The molecule has 0 bridgehead atoms. The molecule has 5 atom stereocenters. The number of piperidine rings is 3. The predicted molar refractivity (Wildman–Crippen MR) is 440 cm³/mol. The van der Waals surface area contributed by atoms with Crippen LogP contribution in [0.5, 0.6) is 0 Å². The third-order valence-electron chi connectivity index (χ3n) is 23.0. The van der Waals surface area contributed by atoms with E-state index in [0.29, 0.717) is 103 Å². The summed E-state index contributed by atoms with van der Waals surface area (Å²) in [6.45, 7) is 24.7. The van der Waals surface area contributed by atoms with E-state index in [9.17, 15) is 20.1 Å². The molecule has 114 heavy (non-hydrogen) atoms. The van der Waals surface area contributed by atoms with Crippen molar-refractivity contribution in [2.24, 2.45) is 0 Å². The summed E-state index contributed by atoms with van der Waals surface area (Å²) in [4.78, 5) is 61.7. The molecule has 9 aromatic rings. The lowest BCUT2D eigenvalue weighted by atomic mass is 9.96. The van der Waals surface area contributed by atoms with E-state index in [1.54, 1.807) is 38.2 Å². The number of nitrogens with zero attached hydrogens (tertiary/aromatic N) is 21. The Labute approximate surface area is 688 Å². The summed E-state index contributed by atoms with van der Waals surface area (Å²) >= 11 is 31.3. The van der Waals surface area contributed by atoms with Crippen molar-refractivity contribution >= 4 is 98.7 Å². The van der Waals surface area contributed by atoms with Gasteiger partial charge in [0.1, 0.15) is 18.1 Å². The molecule has 36 heteroatoms. The van der Waals surface area contributed by atoms with Gasteiger partial charge in [-0.25, -0.2) is 29.9 Å². The number of piperazine rings is 3. The second kappa shape index (κ2) is 38.2. The van der Waals surface area contributed by atoms with Gasteiger partial charge in [-0.15, -0.1) is 30.6 Å². The van der Waals surface area contributed by atoms with Crippen molar-refractivity contribution in [2.45, 2.75) is 154 Å². The molecule has 31 nitrogen and oxygen atoms in total. The number of amides is 1. The number of hydrogen-bond donors (Lipinski definition) is 6. The van der Waals surface area contributed by atoms with Crippen molar-refractivity contribution in [3.8, 4) is 34.8 Å². The van der Waals surface area contributed by atoms with Crippen LogP contribution in [0.15, 0.2) is 86.2 Å². The molecule has 0 radical (unpaired) electrons. The summed E-state index contributed by atoms with van der Waals surface area (Å²) in [5.74, 6) is 4.04. The van der Waals surface area contributed by atoms with Gasteiger partial charge < -0.3 is 65.4 Å². The first kappa shape index (κ1) is 83.7. The second-order valence-electron chi connectivity index (χ2n) is 29.7. The third-order valence-corrected chi connectivity index (χ3v) is 24.2. The van der Waals surface area contributed by atoms with Gasteiger partial charge >= 0.3 is 0 Å². The van der Waals surface area contributed by atoms with Gasteiger partial charge in [-0.1, -0.05) is 103 Å². The number of aryl methyl sites for hydroxylation is 3. The number of carbonyl (C=O) groups excluding carboxylic acids is 1. The second-order valence-corrected chi connectivity index (χ2v) is 31.8. The van der Waals surface area contributed by atoms with Crippen LogP contribution in [-0.2, 0) is 6.61 Å². The van der Waals surface area contributed by atoms with Crippen LogP contribution >= 0.6 is 58.0 Å². The number of aliphatic hydroxyl groups is 3. The molecule has 0 aliphatic carbocycles. The summed E-state index contributed by atoms with van der Waals surface area (Å²) in [6, 6.07) is 23.2. The molecule has 6 aliphatic rings. The number of aliphatic hydroxyl groups excluding tert-OH is 3. The molecule has 15 rings (SSSR count). The van der Waals surface area contributed by atoms with Gasteiger partial charge in [0.2, 0.25) is 17.7 Å². The molecule has 12 heterocycles. The lowest BCUT2D eigenvalue weighted by molar-refractivity contribution is 0.0356. The zero-order valence-electron chi connectivity index (χ0n) is 65.1. The molecule has 0 saturated carbocycles. The normalized spacial score (nSPS) is 20.2. The van der Waals surface area contributed by atoms with Gasteiger partial charge in [-0.3, -0.25) is 29.3 Å². The first-order chi connectivity index (χ1) is 55.1. The van der Waals surface area contributed by atoms with Gasteiger partial charge in [0.25, 0.3) is 23.6 Å². The van der Waals surface area contributed by atoms with Gasteiger partial charge in [-0.2, -0.15) is 0 Å². The number of benzene rings is 3. The molecule has 6 saturated heterocycles. The quantitative estimate of drug-likeness (QED) is 0.0386. The van der Waals surface area contributed by atoms with Crippen LogP contribution in [-0.4, -0.2) is 259 Å². The van der Waals surface area contributed by atoms with E-state index in [-0.39, 0.29) is 83.1 Å². The van der Waals surface area contributed by atoms with Crippen LogP contribution < -0.4 is 31.9 Å². The fourth-order valence-corrected chi connectivity index (χ4v) is 17.9. The van der Waals surface area contributed by atoms with E-state index in [2.05, 4.69) is 115 Å². The first-order valence-electron chi connectivity index (χ1n) is 39.2. The van der Waals surface area contributed by atoms with Crippen LogP contribution in [0.3, 0.4) is 0 Å². The maximum absolute atomic E-state index is 13.0. The number of aromatic nitrogens is 12. The lowest BCUT2D eigenvalue weighted by Gasteiger charge is -2.48. The number of nitrogen functional groups attached to an aromatic ring is 3. The maximum Gasteiger partial charge on any atom is 0.270 e. The number of carbonyl (C=O) groups is 1. The Balaban J connectivity index is 0.000000149. The van der Waals surface area contributed by atoms with Crippen molar-refractivity contribution in [3.63, 3.8) is 0 Å². The summed E-state index contributed by atoms with van der Waals surface area (Å²) in [6.07, 6.45) is 10.9. The van der Waals surface area contributed by atoms with Gasteiger partial charge in [0.15, 0.2) is 45.0 Å². The van der Waals surface area contributed by atoms with Crippen LogP contribution in [0, 0.1) is 20.8 Å². The molecule has 6 aliphatic heterocycles. The summed E-state index contributed by atoms with van der Waals surface area (Å²) in [5.41, 5.74) is 23.6. The molecule has 0 spiro atoms. The number of rotatable bonds is 20. The summed E-state index contributed by atoms with van der Waals surface area (Å²) in [7, 11) is 0. The molecule has 1 amide bonds. The van der Waals surface area contributed by atoms with Gasteiger partial charge in [0.05, 0.1) is 42.8 Å². The Kier molecular flexibility index (Phi) is 28.0. The van der Waals surface area contributed by atoms with Crippen LogP contribution in [0.1, 0.15) is 135 Å². The fourth-order valence-electron chi connectivity index (χ4n) is 17.0. The number of nitrogens with two attached hydrogens (primary N) is 3. The summed E-state index contributed by atoms with van der Waals surface area (Å²) in [5, 5.41) is 55.3. The van der Waals surface area contributed by atoms with E-state index in [4.69, 9.17) is 93.4 Å². The summed E-state index contributed by atoms with van der Waals surface area (Å²) < 4.78 is 16.3. The molecule has 9 N–H and O–H groups in total. The largest absolute Gasteiger partial charge is 0.420 e. The Morgan fingerprint density at radius 3 is 1.29 bits per heavy atom. The molecule has 3 aromatic carbocycles. The highest BCUT2D eigenvalue weighted by Gasteiger charge is 2.40. The predicted octanol–water partition coefficient (Wildman–Crippen LogP) is 10.4. The lowest BCUT2D eigenvalue weighted by Crippen LogP contribution is -2.59. The minimum Gasteiger partial charge on any atom is -0.420 e. The van der Waals surface area contributed by atoms with Crippen molar-refractivity contribution in [1.82, 2.24) is 89.9 Å². The van der Waals surface area contributed by atoms with Gasteiger partial charge in [-0.05, 0) is 118 Å². The van der Waals surface area contributed by atoms with E-state index < -0.39 is 0 Å². The number of likely N-dealkylation sites (tertiary alicyclic amines) is 3. The smallest absolute Gasteiger partial charge is 0.270 e. The Morgan fingerprint density at radius 1 is 0.482 bits per heavy atom. The molecule has 6 aromatic heterocycles. The van der Waals surface area contributed by atoms with Crippen molar-refractivity contribution in [1.29, 1.82) is 0 Å². The third kappa shape index (κ3) is 19.4. The average Bonchev–Trinajstić information content (AvgIpc) is 1.15. The standard InChI is InChI=1S/C26H34Cl2N8O3.C26H34Cl2N8O2.C26H33ClN8O2/c1-2-18-13-35(25-23(28)30-22(24(29)31-25)26-33-32-21(15-38)39-26)11-12-36(18)19-7-9-34(10-8-19)20(14-37)16-3-5-17(27)6-4-16;1-3-19-14-35(25-23(28)30-22(24(29)31-25)26-33-32-16(2)38-26)12-13-36(19)20-8-10-34(11-9-20)21(15-37)17-4-6-18(27)7-5-17;1-4-19-15-34(24-16(2)30-23(14-29-24)25-32-31-17(3)37-25)11-12-35(19)20-7-9-33(10-8-20)26(36)21-6-5-18(27)13-22(21)28/h3-6,18-20,37-38H,2,7-15H2,1H3,(H2,29,31);4-7,19-21,37H,3,8-15H2,1-2H3,(H2,29,31);5-6,13-14,19-20H,4,7-12,15,28H2,1-3H3/t18-,20-;19-,21-;19-/m000/s1. The highest BCUT2D eigenvalue weighted by Crippen LogP contribution is 2.38. The Hall–Kier alpha value is -8.28. The van der Waals surface area contributed by atoms with Crippen molar-refractivity contribution in [3.05, 3.63) is 138 Å². The van der Waals surface area contributed by atoms with Crippen LogP contribution in [0.4, 0.5) is 34.8 Å². The molecular weight excluding hydrogens is 1560 g/mol. The van der Waals surface area contributed by atoms with E-state index in [1.165, 1.54) is 0 Å². The molecule has 0 unspecified atom stereocenters. The average molecular weight is 1660 g/mol. The first-order valence-corrected chi connectivity index (χ1v) is 41.1. The van der Waals surface area contributed by atoms with Crippen LogP contribution in [0.25, 0.3) is 34.8 Å². The molecular formula is C78H101Cl5N24O7. The zero-order chi connectivity index (χ0) is 80.4. The molecule has 6 fully saturated rings. The Bertz CT molecular complexity index is 4680. The van der Waals surface area contributed by atoms with Crippen molar-refractivity contribution < 1.29 is 33.4 Å².